The van der Waals surface area contributed by atoms with Crippen molar-refractivity contribution in [3.8, 4) is 5.88 Å². The number of nitrogens with one attached hydrogen (secondary N) is 1. The summed E-state index contributed by atoms with van der Waals surface area (Å²) in [6.07, 6.45) is 2.22. The average molecular weight is 219 g/mol. The van der Waals surface area contributed by atoms with Crippen LogP contribution in [0.15, 0.2) is 12.1 Å². The van der Waals surface area contributed by atoms with Gasteiger partial charge in [0.25, 0.3) is 0 Å². The number of nitrogens with zero attached hydrogens (tertiary/aromatic N) is 2. The molecule has 1 atom stereocenters. The molecule has 0 saturated carbocycles. The molecule has 16 heavy (non-hydrogen) atoms. The van der Waals surface area contributed by atoms with Gasteiger partial charge in [0.05, 0.1) is 12.6 Å². The highest BCUT2D eigenvalue weighted by Gasteiger charge is 2.21. The van der Waals surface area contributed by atoms with Crippen molar-refractivity contribution in [1.82, 2.24) is 15.0 Å². The summed E-state index contributed by atoms with van der Waals surface area (Å²) in [5.41, 5.74) is 1.61. The SMILES string of the molecule is COc1ccc2[nH]c(C3CCCO3)nc2n1. The van der Waals surface area contributed by atoms with Gasteiger partial charge in [-0.15, -0.1) is 0 Å². The number of aromatic nitrogens is 3. The molecule has 0 aliphatic carbocycles. The molecule has 3 heterocycles. The zero-order valence-electron chi connectivity index (χ0n) is 9.06. The van der Waals surface area contributed by atoms with E-state index in [0.29, 0.717) is 11.5 Å². The first-order valence-electron chi connectivity index (χ1n) is 5.39. The molecule has 0 radical (unpaired) electrons. The molecule has 5 heteroatoms. The van der Waals surface area contributed by atoms with E-state index in [4.69, 9.17) is 9.47 Å². The van der Waals surface area contributed by atoms with Crippen LogP contribution in [0.1, 0.15) is 24.8 Å². The summed E-state index contributed by atoms with van der Waals surface area (Å²) in [5.74, 6) is 1.45. The topological polar surface area (TPSA) is 60.0 Å². The van der Waals surface area contributed by atoms with Gasteiger partial charge in [0.1, 0.15) is 11.9 Å². The second-order valence-electron chi connectivity index (χ2n) is 3.85. The Bertz CT molecular complexity index is 503. The lowest BCUT2D eigenvalue weighted by Crippen LogP contribution is -1.97. The molecular weight excluding hydrogens is 206 g/mol. The predicted octanol–water partition coefficient (Wildman–Crippen LogP) is 1.82. The lowest BCUT2D eigenvalue weighted by molar-refractivity contribution is 0.106. The highest BCUT2D eigenvalue weighted by Crippen LogP contribution is 2.27. The van der Waals surface area contributed by atoms with E-state index >= 15 is 0 Å². The lowest BCUT2D eigenvalue weighted by Gasteiger charge is -2.03. The Labute approximate surface area is 92.8 Å². The summed E-state index contributed by atoms with van der Waals surface area (Å²) < 4.78 is 10.6. The Balaban J connectivity index is 2.01. The van der Waals surface area contributed by atoms with Gasteiger partial charge >= 0.3 is 0 Å². The molecule has 3 rings (SSSR count). The van der Waals surface area contributed by atoms with Crippen LogP contribution in [0.5, 0.6) is 5.88 Å². The summed E-state index contributed by atoms with van der Waals surface area (Å²) in [5, 5.41) is 0. The molecule has 1 aliphatic rings. The van der Waals surface area contributed by atoms with Gasteiger partial charge in [0.15, 0.2) is 5.65 Å². The van der Waals surface area contributed by atoms with Gasteiger partial charge in [-0.1, -0.05) is 0 Å². The maximum Gasteiger partial charge on any atom is 0.215 e. The number of ether oxygens (including phenoxy) is 2. The number of hydrogen-bond donors (Lipinski definition) is 1. The molecule has 0 spiro atoms. The highest BCUT2D eigenvalue weighted by atomic mass is 16.5. The van der Waals surface area contributed by atoms with Crippen LogP contribution in [0.25, 0.3) is 11.2 Å². The number of rotatable bonds is 2. The van der Waals surface area contributed by atoms with Gasteiger partial charge in [0, 0.05) is 12.7 Å². The molecule has 1 saturated heterocycles. The number of fused-ring (bicyclic) bond motifs is 1. The molecule has 84 valence electrons. The van der Waals surface area contributed by atoms with Crippen molar-refractivity contribution in [2.75, 3.05) is 13.7 Å². The molecule has 0 aromatic carbocycles. The third kappa shape index (κ3) is 1.53. The minimum absolute atomic E-state index is 0.0974. The first kappa shape index (κ1) is 9.59. The van der Waals surface area contributed by atoms with Crippen molar-refractivity contribution in [1.29, 1.82) is 0 Å². The number of pyridine rings is 1. The van der Waals surface area contributed by atoms with E-state index in [1.165, 1.54) is 0 Å². The van der Waals surface area contributed by atoms with E-state index in [1.807, 2.05) is 12.1 Å². The van der Waals surface area contributed by atoms with Crippen LogP contribution in [0, 0.1) is 0 Å². The molecule has 1 unspecified atom stereocenters. The molecule has 2 aromatic heterocycles. The third-order valence-corrected chi connectivity index (χ3v) is 2.78. The van der Waals surface area contributed by atoms with Gasteiger partial charge in [-0.3, -0.25) is 0 Å². The van der Waals surface area contributed by atoms with Crippen molar-refractivity contribution in [3.63, 3.8) is 0 Å². The van der Waals surface area contributed by atoms with E-state index in [9.17, 15) is 0 Å². The van der Waals surface area contributed by atoms with E-state index in [1.54, 1.807) is 7.11 Å². The monoisotopic (exact) mass is 219 g/mol. The molecule has 0 amide bonds. The zero-order valence-corrected chi connectivity index (χ0v) is 9.06. The largest absolute Gasteiger partial charge is 0.481 e. The molecule has 1 aliphatic heterocycles. The lowest BCUT2D eigenvalue weighted by atomic mass is 10.2. The first-order chi connectivity index (χ1) is 7.86. The van der Waals surface area contributed by atoms with Gasteiger partial charge in [-0.25, -0.2) is 4.98 Å². The highest BCUT2D eigenvalue weighted by molar-refractivity contribution is 5.71. The number of hydrogen-bond acceptors (Lipinski definition) is 4. The van der Waals surface area contributed by atoms with Crippen LogP contribution in [-0.2, 0) is 4.74 Å². The molecule has 2 aromatic rings. The minimum atomic E-state index is 0.0974. The van der Waals surface area contributed by atoms with Gasteiger partial charge < -0.3 is 14.5 Å². The summed E-state index contributed by atoms with van der Waals surface area (Å²) in [6.45, 7) is 0.818. The molecule has 1 N–H and O–H groups in total. The standard InChI is InChI=1S/C11H13N3O2/c1-15-9-5-4-7-10(13-9)14-11(12-7)8-3-2-6-16-8/h4-5,8H,2-3,6H2,1H3,(H,12,13,14). The third-order valence-electron chi connectivity index (χ3n) is 2.78. The van der Waals surface area contributed by atoms with Gasteiger partial charge in [-0.05, 0) is 18.9 Å². The maximum absolute atomic E-state index is 5.57. The summed E-state index contributed by atoms with van der Waals surface area (Å²) in [4.78, 5) is 11.9. The van der Waals surface area contributed by atoms with E-state index in [-0.39, 0.29) is 6.10 Å². The van der Waals surface area contributed by atoms with Crippen LogP contribution < -0.4 is 4.74 Å². The van der Waals surface area contributed by atoms with Crippen LogP contribution in [0.3, 0.4) is 0 Å². The number of aromatic amines is 1. The second-order valence-corrected chi connectivity index (χ2v) is 3.85. The van der Waals surface area contributed by atoms with E-state index in [0.717, 1.165) is 30.8 Å². The average Bonchev–Trinajstić information content (AvgIpc) is 2.96. The van der Waals surface area contributed by atoms with E-state index in [2.05, 4.69) is 15.0 Å². The number of H-pyrrole nitrogens is 1. The Morgan fingerprint density at radius 1 is 1.44 bits per heavy atom. The fourth-order valence-electron chi connectivity index (χ4n) is 1.95. The van der Waals surface area contributed by atoms with Crippen molar-refractivity contribution >= 4 is 11.2 Å². The maximum atomic E-state index is 5.57. The van der Waals surface area contributed by atoms with E-state index < -0.39 is 0 Å². The fourth-order valence-corrected chi connectivity index (χ4v) is 1.95. The Morgan fingerprint density at radius 2 is 2.38 bits per heavy atom. The van der Waals surface area contributed by atoms with Crippen LogP contribution in [-0.4, -0.2) is 28.7 Å². The van der Waals surface area contributed by atoms with Crippen LogP contribution in [0.2, 0.25) is 0 Å². The predicted molar refractivity (Wildman–Crippen MR) is 58.4 cm³/mol. The quantitative estimate of drug-likeness (QED) is 0.836. The van der Waals surface area contributed by atoms with Gasteiger partial charge in [-0.2, -0.15) is 4.98 Å². The normalized spacial score (nSPS) is 20.4. The number of methoxy groups -OCH3 is 1. The molecule has 1 fully saturated rings. The Kier molecular flexibility index (Phi) is 2.25. The Hall–Kier alpha value is -1.62. The molecular formula is C11H13N3O2. The van der Waals surface area contributed by atoms with Crippen molar-refractivity contribution < 1.29 is 9.47 Å². The molecule has 0 bridgehead atoms. The minimum Gasteiger partial charge on any atom is -0.481 e. The van der Waals surface area contributed by atoms with Crippen molar-refractivity contribution in [2.45, 2.75) is 18.9 Å². The molecule has 5 nitrogen and oxygen atoms in total. The number of imidazole rings is 1. The fraction of sp³-hybridized carbons (Fsp3) is 0.455. The zero-order chi connectivity index (χ0) is 11.0. The first-order valence-corrected chi connectivity index (χ1v) is 5.39. The van der Waals surface area contributed by atoms with Crippen LogP contribution in [0.4, 0.5) is 0 Å². The summed E-state index contributed by atoms with van der Waals surface area (Å²) >= 11 is 0. The van der Waals surface area contributed by atoms with Crippen molar-refractivity contribution in [3.05, 3.63) is 18.0 Å². The van der Waals surface area contributed by atoms with Crippen molar-refractivity contribution in [2.24, 2.45) is 0 Å². The van der Waals surface area contributed by atoms with Crippen LogP contribution >= 0.6 is 0 Å². The summed E-state index contributed by atoms with van der Waals surface area (Å²) in [6, 6.07) is 3.74. The Morgan fingerprint density at radius 3 is 3.12 bits per heavy atom. The summed E-state index contributed by atoms with van der Waals surface area (Å²) in [7, 11) is 1.60. The second kappa shape index (κ2) is 3.75. The smallest absolute Gasteiger partial charge is 0.215 e. The van der Waals surface area contributed by atoms with Gasteiger partial charge in [0.2, 0.25) is 5.88 Å².